The third kappa shape index (κ3) is 2.97. The van der Waals surface area contributed by atoms with Gasteiger partial charge in [0.2, 0.25) is 0 Å². The molecule has 0 aromatic heterocycles. The number of anilines is 1. The van der Waals surface area contributed by atoms with Crippen LogP contribution in [0.4, 0.5) is 5.69 Å². The molecule has 1 rings (SSSR count). The third-order valence-corrected chi connectivity index (χ3v) is 3.00. The van der Waals surface area contributed by atoms with Gasteiger partial charge in [0.15, 0.2) is 0 Å². The van der Waals surface area contributed by atoms with E-state index in [0.717, 1.165) is 18.7 Å². The van der Waals surface area contributed by atoms with Crippen LogP contribution in [0.15, 0.2) is 24.3 Å². The highest BCUT2D eigenvalue weighted by molar-refractivity contribution is 5.47. The lowest BCUT2D eigenvalue weighted by Crippen LogP contribution is -2.22. The van der Waals surface area contributed by atoms with Crippen molar-refractivity contribution in [1.29, 1.82) is 0 Å². The molecule has 0 saturated carbocycles. The molecule has 1 atom stereocenters. The Labute approximate surface area is 97.9 Å². The third-order valence-electron chi connectivity index (χ3n) is 3.00. The molecule has 3 N–H and O–H groups in total. The molecule has 0 aliphatic rings. The fraction of sp³-hybridized carbons (Fsp3) is 0.538. The van der Waals surface area contributed by atoms with Crippen LogP contribution in [0.3, 0.4) is 0 Å². The maximum atomic E-state index is 9.16. The fourth-order valence-corrected chi connectivity index (χ4v) is 1.86. The minimum atomic E-state index is 0.0609. The van der Waals surface area contributed by atoms with E-state index >= 15 is 0 Å². The van der Waals surface area contributed by atoms with E-state index in [1.165, 1.54) is 5.69 Å². The first-order chi connectivity index (χ1) is 7.76. The Morgan fingerprint density at radius 1 is 1.19 bits per heavy atom. The smallest absolute Gasteiger partial charge is 0.0511 e. The standard InChI is InChI=1S/C13H22N2O/c1-3-15(4-2)13-7-5-11(6-8-13)12(9-14)10-16/h5-8,12,16H,3-4,9-10,14H2,1-2H3. The number of benzene rings is 1. The highest BCUT2D eigenvalue weighted by Crippen LogP contribution is 2.19. The van der Waals surface area contributed by atoms with E-state index in [4.69, 9.17) is 10.8 Å². The molecule has 1 aromatic rings. The number of hydrogen-bond donors (Lipinski definition) is 2. The molecule has 0 aliphatic heterocycles. The zero-order valence-corrected chi connectivity index (χ0v) is 10.2. The molecular weight excluding hydrogens is 200 g/mol. The Bertz CT molecular complexity index is 258. The Morgan fingerprint density at radius 3 is 2.12 bits per heavy atom. The number of hydrogen-bond acceptors (Lipinski definition) is 3. The van der Waals surface area contributed by atoms with Crippen LogP contribution in [0.5, 0.6) is 0 Å². The van der Waals surface area contributed by atoms with Crippen molar-refractivity contribution in [3.05, 3.63) is 29.8 Å². The lowest BCUT2D eigenvalue weighted by Gasteiger charge is -2.22. The molecule has 0 radical (unpaired) electrons. The van der Waals surface area contributed by atoms with Crippen molar-refractivity contribution in [3.63, 3.8) is 0 Å². The predicted octanol–water partition coefficient (Wildman–Crippen LogP) is 1.57. The molecule has 0 bridgehead atoms. The second-order valence-electron chi connectivity index (χ2n) is 3.88. The lowest BCUT2D eigenvalue weighted by molar-refractivity contribution is 0.268. The van der Waals surface area contributed by atoms with Gasteiger partial charge in [0, 0.05) is 31.2 Å². The summed E-state index contributed by atoms with van der Waals surface area (Å²) in [5.41, 5.74) is 7.93. The summed E-state index contributed by atoms with van der Waals surface area (Å²) in [5, 5.41) is 9.16. The Morgan fingerprint density at radius 2 is 1.75 bits per heavy atom. The molecule has 0 saturated heterocycles. The second-order valence-corrected chi connectivity index (χ2v) is 3.88. The maximum absolute atomic E-state index is 9.16. The SMILES string of the molecule is CCN(CC)c1ccc(C(CN)CO)cc1. The van der Waals surface area contributed by atoms with Crippen LogP contribution in [0.1, 0.15) is 25.3 Å². The van der Waals surface area contributed by atoms with Crippen LogP contribution < -0.4 is 10.6 Å². The topological polar surface area (TPSA) is 49.5 Å². The van der Waals surface area contributed by atoms with E-state index in [1.54, 1.807) is 0 Å². The van der Waals surface area contributed by atoms with Crippen LogP contribution in [-0.2, 0) is 0 Å². The molecule has 16 heavy (non-hydrogen) atoms. The van der Waals surface area contributed by atoms with Gasteiger partial charge in [-0.05, 0) is 31.5 Å². The van der Waals surface area contributed by atoms with Crippen molar-refractivity contribution < 1.29 is 5.11 Å². The largest absolute Gasteiger partial charge is 0.396 e. The number of rotatable bonds is 6. The summed E-state index contributed by atoms with van der Waals surface area (Å²) < 4.78 is 0. The number of aliphatic hydroxyl groups excluding tert-OH is 1. The van der Waals surface area contributed by atoms with E-state index in [9.17, 15) is 0 Å². The molecule has 0 amide bonds. The van der Waals surface area contributed by atoms with Gasteiger partial charge in [-0.25, -0.2) is 0 Å². The Hall–Kier alpha value is -1.06. The van der Waals surface area contributed by atoms with E-state index in [2.05, 4.69) is 43.0 Å². The zero-order valence-electron chi connectivity index (χ0n) is 10.2. The van der Waals surface area contributed by atoms with Gasteiger partial charge in [-0.3, -0.25) is 0 Å². The van der Waals surface area contributed by atoms with Crippen LogP contribution in [0, 0.1) is 0 Å². The summed E-state index contributed by atoms with van der Waals surface area (Å²) in [6.45, 7) is 6.91. The zero-order chi connectivity index (χ0) is 12.0. The molecule has 3 heteroatoms. The first-order valence-electron chi connectivity index (χ1n) is 5.92. The summed E-state index contributed by atoms with van der Waals surface area (Å²) in [5.74, 6) is 0.0609. The highest BCUT2D eigenvalue weighted by atomic mass is 16.3. The van der Waals surface area contributed by atoms with Gasteiger partial charge in [-0.15, -0.1) is 0 Å². The number of nitrogens with zero attached hydrogens (tertiary/aromatic N) is 1. The van der Waals surface area contributed by atoms with E-state index in [1.807, 2.05) is 0 Å². The van der Waals surface area contributed by atoms with Crippen LogP contribution >= 0.6 is 0 Å². The van der Waals surface area contributed by atoms with Gasteiger partial charge < -0.3 is 15.7 Å². The van der Waals surface area contributed by atoms with Gasteiger partial charge in [0.25, 0.3) is 0 Å². The molecule has 0 spiro atoms. The van der Waals surface area contributed by atoms with Crippen molar-refractivity contribution in [3.8, 4) is 0 Å². The summed E-state index contributed by atoms with van der Waals surface area (Å²) in [7, 11) is 0. The van der Waals surface area contributed by atoms with Crippen molar-refractivity contribution >= 4 is 5.69 Å². The lowest BCUT2D eigenvalue weighted by atomic mass is 10.00. The molecule has 3 nitrogen and oxygen atoms in total. The van der Waals surface area contributed by atoms with Gasteiger partial charge >= 0.3 is 0 Å². The normalized spacial score (nSPS) is 12.5. The van der Waals surface area contributed by atoms with Crippen molar-refractivity contribution in [2.75, 3.05) is 31.1 Å². The van der Waals surface area contributed by atoms with Gasteiger partial charge in [0.05, 0.1) is 6.61 Å². The van der Waals surface area contributed by atoms with Gasteiger partial charge in [-0.1, -0.05) is 12.1 Å². The minimum Gasteiger partial charge on any atom is -0.396 e. The summed E-state index contributed by atoms with van der Waals surface area (Å²) in [6.07, 6.45) is 0. The van der Waals surface area contributed by atoms with Gasteiger partial charge in [-0.2, -0.15) is 0 Å². The average molecular weight is 222 g/mol. The second kappa shape index (κ2) is 6.51. The first-order valence-corrected chi connectivity index (χ1v) is 5.92. The van der Waals surface area contributed by atoms with Gasteiger partial charge in [0.1, 0.15) is 0 Å². The highest BCUT2D eigenvalue weighted by Gasteiger charge is 2.08. The molecule has 1 unspecified atom stereocenters. The first kappa shape index (κ1) is 13.0. The maximum Gasteiger partial charge on any atom is 0.0511 e. The monoisotopic (exact) mass is 222 g/mol. The predicted molar refractivity (Wildman–Crippen MR) is 68.9 cm³/mol. The summed E-state index contributed by atoms with van der Waals surface area (Å²) in [6, 6.07) is 8.31. The quantitative estimate of drug-likeness (QED) is 0.768. The van der Waals surface area contributed by atoms with Crippen molar-refractivity contribution in [2.45, 2.75) is 19.8 Å². The van der Waals surface area contributed by atoms with Crippen molar-refractivity contribution in [2.24, 2.45) is 5.73 Å². The van der Waals surface area contributed by atoms with Crippen LogP contribution in [0.2, 0.25) is 0 Å². The molecule has 0 fully saturated rings. The molecule has 0 heterocycles. The molecule has 0 aliphatic carbocycles. The summed E-state index contributed by atoms with van der Waals surface area (Å²) >= 11 is 0. The van der Waals surface area contributed by atoms with Crippen LogP contribution in [0.25, 0.3) is 0 Å². The van der Waals surface area contributed by atoms with Crippen LogP contribution in [-0.4, -0.2) is 31.3 Å². The molecule has 90 valence electrons. The molecule has 1 aromatic carbocycles. The minimum absolute atomic E-state index is 0.0609. The number of aliphatic hydroxyl groups is 1. The average Bonchev–Trinajstić information content (AvgIpc) is 2.34. The Balaban J connectivity index is 2.81. The molecular formula is C13H22N2O. The number of nitrogens with two attached hydrogens (primary N) is 1. The summed E-state index contributed by atoms with van der Waals surface area (Å²) in [4.78, 5) is 2.29. The van der Waals surface area contributed by atoms with E-state index in [-0.39, 0.29) is 12.5 Å². The fourth-order valence-electron chi connectivity index (χ4n) is 1.86. The Kier molecular flexibility index (Phi) is 5.29. The van der Waals surface area contributed by atoms with E-state index < -0.39 is 0 Å². The van der Waals surface area contributed by atoms with E-state index in [0.29, 0.717) is 6.54 Å². The van der Waals surface area contributed by atoms with Crippen molar-refractivity contribution in [1.82, 2.24) is 0 Å².